The molecule has 52 heavy (non-hydrogen) atoms. The Bertz CT molecular complexity index is 2580. The van der Waals surface area contributed by atoms with Gasteiger partial charge in [0.2, 0.25) is 0 Å². The molecule has 9 aromatic rings. The second kappa shape index (κ2) is 10.5. The number of fused-ring (bicyclic) bond motifs is 3. The van der Waals surface area contributed by atoms with Gasteiger partial charge in [-0.15, -0.1) is 0 Å². The maximum Gasteiger partial charge on any atom is 0.149 e. The number of rotatable bonds is 3. The molecule has 0 N–H and O–H groups in total. The van der Waals surface area contributed by atoms with Gasteiger partial charge in [0, 0.05) is 51.2 Å². The van der Waals surface area contributed by atoms with Gasteiger partial charge in [-0.1, -0.05) is 109 Å². The fourth-order valence-electron chi connectivity index (χ4n) is 9.28. The molecule has 0 amide bonds. The molecule has 12 rings (SSSR count). The highest BCUT2D eigenvalue weighted by molar-refractivity contribution is 7.02. The SMILES string of the molecule is c1cc2c3c(c1)N(c1ccc4ccccc4c1)c1cccc4c1[SiH]3c1c(cccc1N4c1ccc3ccccc3c1)N2c1ccc2ccccc2c1. The summed E-state index contributed by atoms with van der Waals surface area (Å²) in [7, 11) is -1.98. The number of anilines is 9. The maximum absolute atomic E-state index is 2.55. The Balaban J connectivity index is 1.19. The van der Waals surface area contributed by atoms with Crippen molar-refractivity contribution in [1.29, 1.82) is 0 Å². The summed E-state index contributed by atoms with van der Waals surface area (Å²) in [5.74, 6) is 0. The molecule has 0 saturated heterocycles. The molecule has 0 bridgehead atoms. The average molecular weight is 678 g/mol. The zero-order valence-corrected chi connectivity index (χ0v) is 29.4. The Morgan fingerprint density at radius 3 is 0.808 bits per heavy atom. The van der Waals surface area contributed by atoms with Crippen LogP contribution in [0, 0.1) is 0 Å². The van der Waals surface area contributed by atoms with Crippen molar-refractivity contribution < 1.29 is 0 Å². The molecule has 242 valence electrons. The summed E-state index contributed by atoms with van der Waals surface area (Å²) in [5.41, 5.74) is 11.3. The molecule has 3 nitrogen and oxygen atoms in total. The molecule has 0 radical (unpaired) electrons. The fourth-order valence-corrected chi connectivity index (χ4v) is 13.3. The third-order valence-electron chi connectivity index (χ3n) is 11.5. The smallest absolute Gasteiger partial charge is 0.149 e. The van der Waals surface area contributed by atoms with Crippen LogP contribution in [0.1, 0.15) is 0 Å². The number of hydrogen-bond acceptors (Lipinski definition) is 3. The molecule has 0 aromatic heterocycles. The minimum Gasteiger partial charge on any atom is -0.311 e. The van der Waals surface area contributed by atoms with Crippen LogP contribution in [0.4, 0.5) is 51.2 Å². The van der Waals surface area contributed by atoms with Crippen LogP contribution in [-0.2, 0) is 0 Å². The maximum atomic E-state index is 2.55. The number of nitrogens with zero attached hydrogens (tertiary/aromatic N) is 3. The van der Waals surface area contributed by atoms with Crippen molar-refractivity contribution in [3.8, 4) is 0 Å². The molecule has 0 unspecified atom stereocenters. The van der Waals surface area contributed by atoms with Crippen LogP contribution in [-0.4, -0.2) is 8.80 Å². The van der Waals surface area contributed by atoms with Crippen LogP contribution >= 0.6 is 0 Å². The van der Waals surface area contributed by atoms with Crippen LogP contribution in [0.15, 0.2) is 182 Å². The van der Waals surface area contributed by atoms with Crippen LogP contribution in [0.3, 0.4) is 0 Å². The van der Waals surface area contributed by atoms with Gasteiger partial charge in [-0.2, -0.15) is 0 Å². The lowest BCUT2D eigenvalue weighted by Gasteiger charge is -2.49. The van der Waals surface area contributed by atoms with Crippen molar-refractivity contribution >= 4 is 108 Å². The minimum absolute atomic E-state index is 1.19. The van der Waals surface area contributed by atoms with E-state index in [1.54, 1.807) is 0 Å². The molecule has 3 aliphatic rings. The number of hydrogen-bond donors (Lipinski definition) is 0. The summed E-state index contributed by atoms with van der Waals surface area (Å²) >= 11 is 0. The van der Waals surface area contributed by atoms with Gasteiger partial charge < -0.3 is 14.7 Å². The predicted octanol–water partition coefficient (Wildman–Crippen LogP) is 10.7. The van der Waals surface area contributed by atoms with Crippen LogP contribution in [0.2, 0.25) is 0 Å². The van der Waals surface area contributed by atoms with Gasteiger partial charge in [0.1, 0.15) is 8.80 Å². The predicted molar refractivity (Wildman–Crippen MR) is 223 cm³/mol. The first-order chi connectivity index (χ1) is 25.8. The standard InChI is InChI=1S/C48H31N3Si/c1-4-13-34-28-37(25-22-31(34)10-1)49-40-16-7-18-42-46(40)52-47-41(49)17-8-19-43(47)51(39-27-24-33-12-3-6-15-36(33)30-39)45-21-9-20-44(48(45)52)50(42)38-26-23-32-11-2-5-14-35(32)29-38/h1-30,52H. The van der Waals surface area contributed by atoms with Gasteiger partial charge in [0.15, 0.2) is 0 Å². The van der Waals surface area contributed by atoms with E-state index in [1.807, 2.05) is 0 Å². The summed E-state index contributed by atoms with van der Waals surface area (Å²) in [5, 5.41) is 12.0. The van der Waals surface area contributed by atoms with E-state index in [1.165, 1.54) is 99.1 Å². The summed E-state index contributed by atoms with van der Waals surface area (Å²) in [4.78, 5) is 7.64. The van der Waals surface area contributed by atoms with Crippen molar-refractivity contribution in [1.82, 2.24) is 0 Å². The van der Waals surface area contributed by atoms with Gasteiger partial charge in [-0.05, 0) is 121 Å². The van der Waals surface area contributed by atoms with Crippen molar-refractivity contribution in [3.05, 3.63) is 182 Å². The Morgan fingerprint density at radius 1 is 0.250 bits per heavy atom. The third kappa shape index (κ3) is 3.79. The molecular weight excluding hydrogens is 647 g/mol. The van der Waals surface area contributed by atoms with Gasteiger partial charge in [0.25, 0.3) is 0 Å². The van der Waals surface area contributed by atoms with Crippen LogP contribution in [0.5, 0.6) is 0 Å². The molecular formula is C48H31N3Si. The van der Waals surface area contributed by atoms with Crippen LogP contribution < -0.4 is 30.3 Å². The fraction of sp³-hybridized carbons (Fsp3) is 0. The zero-order chi connectivity index (χ0) is 33.9. The normalized spacial score (nSPS) is 14.0. The molecule has 0 fully saturated rings. The average Bonchev–Trinajstić information content (AvgIpc) is 3.20. The van der Waals surface area contributed by atoms with Crippen molar-refractivity contribution in [3.63, 3.8) is 0 Å². The van der Waals surface area contributed by atoms with Gasteiger partial charge in [0.05, 0.1) is 0 Å². The molecule has 0 spiro atoms. The lowest BCUT2D eigenvalue weighted by atomic mass is 10.0. The van der Waals surface area contributed by atoms with E-state index in [4.69, 9.17) is 0 Å². The summed E-state index contributed by atoms with van der Waals surface area (Å²) in [6.45, 7) is 0. The highest BCUT2D eigenvalue weighted by Gasteiger charge is 2.47. The molecule has 0 saturated carbocycles. The first-order valence-corrected chi connectivity index (χ1v) is 19.8. The molecule has 0 aliphatic carbocycles. The van der Waals surface area contributed by atoms with E-state index in [9.17, 15) is 0 Å². The highest BCUT2D eigenvalue weighted by Crippen LogP contribution is 2.50. The summed E-state index contributed by atoms with van der Waals surface area (Å²) < 4.78 is 0. The van der Waals surface area contributed by atoms with Crippen molar-refractivity contribution in [2.75, 3.05) is 14.7 Å². The summed E-state index contributed by atoms with van der Waals surface area (Å²) in [6.07, 6.45) is 0. The van der Waals surface area contributed by atoms with E-state index in [2.05, 4.69) is 197 Å². The first kappa shape index (κ1) is 28.1. The Labute approximate surface area is 303 Å². The van der Waals surface area contributed by atoms with E-state index in [-0.39, 0.29) is 0 Å². The molecule has 3 aliphatic heterocycles. The molecule has 0 atom stereocenters. The second-order valence-electron chi connectivity index (χ2n) is 14.2. The topological polar surface area (TPSA) is 9.72 Å². The largest absolute Gasteiger partial charge is 0.311 e. The molecule has 9 aromatic carbocycles. The third-order valence-corrected chi connectivity index (χ3v) is 15.0. The molecule has 3 heterocycles. The van der Waals surface area contributed by atoms with Gasteiger partial charge >= 0.3 is 0 Å². The van der Waals surface area contributed by atoms with Gasteiger partial charge in [-0.3, -0.25) is 0 Å². The lowest BCUT2D eigenvalue weighted by Crippen LogP contribution is -2.64. The van der Waals surface area contributed by atoms with Crippen LogP contribution in [0.25, 0.3) is 32.3 Å². The first-order valence-electron chi connectivity index (χ1n) is 18.1. The Morgan fingerprint density at radius 2 is 0.519 bits per heavy atom. The van der Waals surface area contributed by atoms with Gasteiger partial charge in [-0.25, -0.2) is 0 Å². The lowest BCUT2D eigenvalue weighted by molar-refractivity contribution is 1.22. The minimum atomic E-state index is -1.98. The second-order valence-corrected chi connectivity index (χ2v) is 16.8. The van der Waals surface area contributed by atoms with E-state index in [0.717, 1.165) is 0 Å². The van der Waals surface area contributed by atoms with Crippen molar-refractivity contribution in [2.45, 2.75) is 0 Å². The van der Waals surface area contributed by atoms with E-state index >= 15 is 0 Å². The molecule has 4 heteroatoms. The zero-order valence-electron chi connectivity index (χ0n) is 28.2. The Kier molecular flexibility index (Phi) is 5.65. The number of benzene rings is 9. The quantitative estimate of drug-likeness (QED) is 0.172. The van der Waals surface area contributed by atoms with Crippen molar-refractivity contribution in [2.24, 2.45) is 0 Å². The Hall–Kier alpha value is -6.62. The highest BCUT2D eigenvalue weighted by atomic mass is 28.3. The van der Waals surface area contributed by atoms with E-state index < -0.39 is 8.80 Å². The summed E-state index contributed by atoms with van der Waals surface area (Å²) in [6, 6.07) is 67.8. The van der Waals surface area contributed by atoms with E-state index in [0.29, 0.717) is 0 Å². The monoisotopic (exact) mass is 677 g/mol.